The molecule has 0 aliphatic heterocycles. The van der Waals surface area contributed by atoms with Crippen LogP contribution in [0.1, 0.15) is 22.8 Å². The Kier molecular flexibility index (Phi) is 5.54. The van der Waals surface area contributed by atoms with Gasteiger partial charge in [0.25, 0.3) is 5.91 Å². The van der Waals surface area contributed by atoms with Crippen LogP contribution in [0.5, 0.6) is 5.75 Å². The molecule has 0 aromatic heterocycles. The molecule has 5 heteroatoms. The number of rotatable bonds is 5. The van der Waals surface area contributed by atoms with Crippen molar-refractivity contribution in [3.63, 3.8) is 0 Å². The third-order valence-corrected chi connectivity index (χ3v) is 2.95. The Hall–Kier alpha value is -2.82. The largest absolute Gasteiger partial charge is 0.494 e. The molecule has 2 N–H and O–H groups in total. The quantitative estimate of drug-likeness (QED) is 0.831. The van der Waals surface area contributed by atoms with Crippen LogP contribution in [0.4, 0.5) is 0 Å². The van der Waals surface area contributed by atoms with Gasteiger partial charge in [0.05, 0.1) is 13.0 Å². The molecule has 2 rings (SSSR count). The smallest absolute Gasteiger partial charge is 0.269 e. The Bertz CT molecular complexity index is 624. The van der Waals surface area contributed by atoms with Gasteiger partial charge in [0.2, 0.25) is 5.91 Å². The van der Waals surface area contributed by atoms with Gasteiger partial charge in [0.15, 0.2) is 0 Å². The van der Waals surface area contributed by atoms with Crippen LogP contribution in [0.25, 0.3) is 0 Å². The van der Waals surface area contributed by atoms with E-state index in [4.69, 9.17) is 4.74 Å². The van der Waals surface area contributed by atoms with Crippen molar-refractivity contribution >= 4 is 11.8 Å². The zero-order valence-corrected chi connectivity index (χ0v) is 12.3. The van der Waals surface area contributed by atoms with Crippen molar-refractivity contribution in [1.82, 2.24) is 10.9 Å². The van der Waals surface area contributed by atoms with Crippen molar-refractivity contribution in [2.75, 3.05) is 6.61 Å². The summed E-state index contributed by atoms with van der Waals surface area (Å²) in [6.07, 6.45) is 0.213. The van der Waals surface area contributed by atoms with Crippen LogP contribution in [-0.2, 0) is 11.2 Å². The molecule has 0 atom stereocenters. The van der Waals surface area contributed by atoms with E-state index in [1.165, 1.54) is 0 Å². The van der Waals surface area contributed by atoms with Crippen LogP contribution >= 0.6 is 0 Å². The molecule has 5 nitrogen and oxygen atoms in total. The molecule has 0 heterocycles. The Balaban J connectivity index is 1.83. The van der Waals surface area contributed by atoms with Gasteiger partial charge in [0.1, 0.15) is 5.75 Å². The number of nitrogens with one attached hydrogen (secondary N) is 2. The van der Waals surface area contributed by atoms with Crippen LogP contribution in [0.3, 0.4) is 0 Å². The number of amides is 2. The molecule has 2 aromatic carbocycles. The van der Waals surface area contributed by atoms with E-state index >= 15 is 0 Å². The number of hydrazine groups is 1. The topological polar surface area (TPSA) is 67.4 Å². The monoisotopic (exact) mass is 298 g/mol. The van der Waals surface area contributed by atoms with E-state index in [-0.39, 0.29) is 18.2 Å². The van der Waals surface area contributed by atoms with Crippen molar-refractivity contribution in [2.45, 2.75) is 13.3 Å². The van der Waals surface area contributed by atoms with Crippen LogP contribution in [0.15, 0.2) is 54.6 Å². The van der Waals surface area contributed by atoms with Gasteiger partial charge in [-0.15, -0.1) is 0 Å². The van der Waals surface area contributed by atoms with Crippen LogP contribution in [0.2, 0.25) is 0 Å². The standard InChI is InChI=1S/C17H18N2O3/c1-2-22-15-10-8-14(9-11-15)17(21)19-18-16(20)12-13-6-4-3-5-7-13/h3-11H,2,12H2,1H3,(H,18,20)(H,19,21). The first-order valence-electron chi connectivity index (χ1n) is 7.05. The van der Waals surface area contributed by atoms with Gasteiger partial charge in [-0.25, -0.2) is 0 Å². The van der Waals surface area contributed by atoms with Gasteiger partial charge < -0.3 is 4.74 Å². The highest BCUT2D eigenvalue weighted by Crippen LogP contribution is 2.11. The molecule has 2 amide bonds. The predicted octanol–water partition coefficient (Wildman–Crippen LogP) is 2.09. The molecular formula is C17H18N2O3. The van der Waals surface area contributed by atoms with Crippen LogP contribution in [0, 0.1) is 0 Å². The lowest BCUT2D eigenvalue weighted by Crippen LogP contribution is -2.42. The number of benzene rings is 2. The lowest BCUT2D eigenvalue weighted by molar-refractivity contribution is -0.121. The Morgan fingerprint density at radius 1 is 0.955 bits per heavy atom. The molecule has 22 heavy (non-hydrogen) atoms. The molecular weight excluding hydrogens is 280 g/mol. The summed E-state index contributed by atoms with van der Waals surface area (Å²) in [5.41, 5.74) is 6.12. The average Bonchev–Trinajstić information content (AvgIpc) is 2.54. The molecule has 0 saturated carbocycles. The summed E-state index contributed by atoms with van der Waals surface area (Å²) in [5, 5.41) is 0. The minimum atomic E-state index is -0.371. The van der Waals surface area contributed by atoms with E-state index in [2.05, 4.69) is 10.9 Å². The van der Waals surface area contributed by atoms with Gasteiger partial charge in [-0.3, -0.25) is 20.4 Å². The summed E-state index contributed by atoms with van der Waals surface area (Å²) in [5.74, 6) is 0.0575. The molecule has 0 fully saturated rings. The average molecular weight is 298 g/mol. The van der Waals surface area contributed by atoms with E-state index < -0.39 is 0 Å². The summed E-state index contributed by atoms with van der Waals surface area (Å²) >= 11 is 0. The van der Waals surface area contributed by atoms with E-state index in [1.807, 2.05) is 37.3 Å². The zero-order chi connectivity index (χ0) is 15.8. The van der Waals surface area contributed by atoms with Gasteiger partial charge in [-0.1, -0.05) is 30.3 Å². The van der Waals surface area contributed by atoms with Crippen molar-refractivity contribution < 1.29 is 14.3 Å². The summed E-state index contributed by atoms with van der Waals surface area (Å²) < 4.78 is 5.30. The minimum Gasteiger partial charge on any atom is -0.494 e. The van der Waals surface area contributed by atoms with Crippen LogP contribution in [-0.4, -0.2) is 18.4 Å². The van der Waals surface area contributed by atoms with Crippen molar-refractivity contribution in [3.05, 3.63) is 65.7 Å². The molecule has 0 aliphatic rings. The molecule has 114 valence electrons. The molecule has 0 bridgehead atoms. The highest BCUT2D eigenvalue weighted by molar-refractivity contribution is 5.95. The van der Waals surface area contributed by atoms with E-state index in [1.54, 1.807) is 24.3 Å². The fourth-order valence-corrected chi connectivity index (χ4v) is 1.89. The lowest BCUT2D eigenvalue weighted by Gasteiger charge is -2.08. The van der Waals surface area contributed by atoms with Crippen molar-refractivity contribution in [3.8, 4) is 5.75 Å². The number of carbonyl (C=O) groups excluding carboxylic acids is 2. The maximum Gasteiger partial charge on any atom is 0.269 e. The van der Waals surface area contributed by atoms with Crippen molar-refractivity contribution in [1.29, 1.82) is 0 Å². The van der Waals surface area contributed by atoms with E-state index in [0.717, 1.165) is 5.56 Å². The molecule has 0 radical (unpaired) electrons. The Morgan fingerprint density at radius 2 is 1.64 bits per heavy atom. The third kappa shape index (κ3) is 4.63. The lowest BCUT2D eigenvalue weighted by atomic mass is 10.1. The SMILES string of the molecule is CCOc1ccc(C(=O)NNC(=O)Cc2ccccc2)cc1. The third-order valence-electron chi connectivity index (χ3n) is 2.95. The molecule has 0 spiro atoms. The molecule has 0 unspecified atom stereocenters. The second-order valence-electron chi connectivity index (χ2n) is 4.62. The molecule has 2 aromatic rings. The predicted molar refractivity (Wildman–Crippen MR) is 83.4 cm³/mol. The van der Waals surface area contributed by atoms with Crippen LogP contribution < -0.4 is 15.6 Å². The van der Waals surface area contributed by atoms with Gasteiger partial charge >= 0.3 is 0 Å². The fourth-order valence-electron chi connectivity index (χ4n) is 1.89. The van der Waals surface area contributed by atoms with E-state index in [9.17, 15) is 9.59 Å². The first-order chi connectivity index (χ1) is 10.7. The highest BCUT2D eigenvalue weighted by Gasteiger charge is 2.08. The Morgan fingerprint density at radius 3 is 2.27 bits per heavy atom. The summed E-state index contributed by atoms with van der Waals surface area (Å²) in [4.78, 5) is 23.6. The molecule has 0 aliphatic carbocycles. The fraction of sp³-hybridized carbons (Fsp3) is 0.176. The zero-order valence-electron chi connectivity index (χ0n) is 12.3. The Labute approximate surface area is 129 Å². The van der Waals surface area contributed by atoms with Gasteiger partial charge in [-0.2, -0.15) is 0 Å². The summed E-state index contributed by atoms with van der Waals surface area (Å²) in [7, 11) is 0. The maximum atomic E-state index is 11.9. The summed E-state index contributed by atoms with van der Waals surface area (Å²) in [6.45, 7) is 2.46. The highest BCUT2D eigenvalue weighted by atomic mass is 16.5. The number of hydrogen-bond donors (Lipinski definition) is 2. The normalized spacial score (nSPS) is 9.86. The summed E-state index contributed by atoms with van der Waals surface area (Å²) in [6, 6.07) is 16.0. The van der Waals surface area contributed by atoms with E-state index in [0.29, 0.717) is 17.9 Å². The second-order valence-corrected chi connectivity index (χ2v) is 4.62. The first-order valence-corrected chi connectivity index (χ1v) is 7.05. The molecule has 0 saturated heterocycles. The minimum absolute atomic E-state index is 0.213. The second kappa shape index (κ2) is 7.83. The van der Waals surface area contributed by atoms with Crippen molar-refractivity contribution in [2.24, 2.45) is 0 Å². The number of carbonyl (C=O) groups is 2. The van der Waals surface area contributed by atoms with Gasteiger partial charge in [0, 0.05) is 5.56 Å². The first kappa shape index (κ1) is 15.6. The number of ether oxygens (including phenoxy) is 1. The number of hydrogen-bond acceptors (Lipinski definition) is 3. The maximum absolute atomic E-state index is 11.9. The van der Waals surface area contributed by atoms with Gasteiger partial charge in [-0.05, 0) is 36.8 Å².